The lowest BCUT2D eigenvalue weighted by atomic mass is 10.2. The summed E-state index contributed by atoms with van der Waals surface area (Å²) in [4.78, 5) is 6.62. The Morgan fingerprint density at radius 3 is 3.17 bits per heavy atom. The topological polar surface area (TPSA) is 84.8 Å². The van der Waals surface area contributed by atoms with Gasteiger partial charge < -0.3 is 18.8 Å². The van der Waals surface area contributed by atoms with Gasteiger partial charge in [0.15, 0.2) is 5.82 Å². The zero-order valence-corrected chi connectivity index (χ0v) is 13.4. The van der Waals surface area contributed by atoms with Gasteiger partial charge in [0.25, 0.3) is 0 Å². The van der Waals surface area contributed by atoms with Crippen LogP contribution in [0.5, 0.6) is 0 Å². The van der Waals surface area contributed by atoms with Crippen molar-refractivity contribution in [3.63, 3.8) is 0 Å². The number of aromatic nitrogens is 2. The zero-order chi connectivity index (χ0) is 16.1. The molecule has 1 saturated heterocycles. The highest BCUT2D eigenvalue weighted by Gasteiger charge is 2.31. The van der Waals surface area contributed by atoms with E-state index >= 15 is 0 Å². The van der Waals surface area contributed by atoms with Crippen LogP contribution in [0.2, 0.25) is 0 Å². The summed E-state index contributed by atoms with van der Waals surface area (Å²) >= 11 is 0. The fraction of sp³-hybridized carbons (Fsp3) is 0.625. The number of β-amino-alcohol motifs (C(OH)–C–C–N with tert-alkyl or cyclic N) is 1. The van der Waals surface area contributed by atoms with Crippen molar-refractivity contribution in [2.75, 3.05) is 19.7 Å². The first-order chi connectivity index (χ1) is 11.3. The fourth-order valence-corrected chi connectivity index (χ4v) is 2.90. The van der Waals surface area contributed by atoms with Gasteiger partial charge in [-0.25, -0.2) is 0 Å². The molecule has 3 heterocycles. The summed E-state index contributed by atoms with van der Waals surface area (Å²) in [5.74, 6) is 2.15. The predicted molar refractivity (Wildman–Crippen MR) is 81.6 cm³/mol. The van der Waals surface area contributed by atoms with Gasteiger partial charge in [0.05, 0.1) is 25.0 Å². The van der Waals surface area contributed by atoms with E-state index in [0.717, 1.165) is 37.4 Å². The van der Waals surface area contributed by atoms with E-state index in [1.54, 1.807) is 6.26 Å². The van der Waals surface area contributed by atoms with Crippen LogP contribution in [0.1, 0.15) is 43.3 Å². The molecule has 0 spiro atoms. The van der Waals surface area contributed by atoms with Crippen LogP contribution in [0.4, 0.5) is 0 Å². The second kappa shape index (κ2) is 7.72. The molecular weight excluding hydrogens is 298 g/mol. The lowest BCUT2D eigenvalue weighted by molar-refractivity contribution is 0.00252. The summed E-state index contributed by atoms with van der Waals surface area (Å²) in [5.41, 5.74) is 0. The summed E-state index contributed by atoms with van der Waals surface area (Å²) in [6.45, 7) is 4.10. The number of likely N-dealkylation sites (tertiary alicyclic amines) is 1. The van der Waals surface area contributed by atoms with Gasteiger partial charge in [0, 0.05) is 13.0 Å². The number of aliphatic hydroxyl groups is 1. The van der Waals surface area contributed by atoms with Gasteiger partial charge in [-0.15, -0.1) is 0 Å². The van der Waals surface area contributed by atoms with E-state index in [1.165, 1.54) is 0 Å². The molecule has 0 aliphatic carbocycles. The Balaban J connectivity index is 1.47. The van der Waals surface area contributed by atoms with E-state index in [1.807, 2.05) is 19.1 Å². The molecule has 23 heavy (non-hydrogen) atoms. The van der Waals surface area contributed by atoms with Gasteiger partial charge in [0.2, 0.25) is 5.89 Å². The summed E-state index contributed by atoms with van der Waals surface area (Å²) in [7, 11) is 0. The molecule has 1 fully saturated rings. The Morgan fingerprint density at radius 2 is 2.43 bits per heavy atom. The highest BCUT2D eigenvalue weighted by atomic mass is 16.5. The monoisotopic (exact) mass is 321 g/mol. The molecule has 0 unspecified atom stereocenters. The Labute approximate surface area is 135 Å². The number of nitrogens with zero attached hydrogens (tertiary/aromatic N) is 3. The van der Waals surface area contributed by atoms with Gasteiger partial charge in [0.1, 0.15) is 12.4 Å². The molecule has 0 radical (unpaired) electrons. The molecule has 3 rings (SSSR count). The average Bonchev–Trinajstić information content (AvgIpc) is 3.28. The first-order valence-electron chi connectivity index (χ1n) is 8.11. The normalized spacial score (nSPS) is 20.2. The fourth-order valence-electron chi connectivity index (χ4n) is 2.90. The lowest BCUT2D eigenvalue weighted by Crippen LogP contribution is -2.35. The quantitative estimate of drug-likeness (QED) is 0.795. The maximum absolute atomic E-state index is 10.2. The molecule has 126 valence electrons. The minimum atomic E-state index is -0.553. The van der Waals surface area contributed by atoms with Crippen molar-refractivity contribution in [2.24, 2.45) is 0 Å². The first kappa shape index (κ1) is 16.2. The highest BCUT2D eigenvalue weighted by molar-refractivity contribution is 4.99. The SMILES string of the molecule is CCc1nc([C@H]2CCCN2C[C@H](O)COCc2ccco2)no1. The van der Waals surface area contributed by atoms with Crippen molar-refractivity contribution < 1.29 is 18.8 Å². The molecule has 1 aliphatic rings. The van der Waals surface area contributed by atoms with Crippen LogP contribution < -0.4 is 0 Å². The minimum Gasteiger partial charge on any atom is -0.467 e. The Bertz CT molecular complexity index is 584. The standard InChI is InChI=1S/C16H23N3O4/c1-2-15-17-16(18-23-15)14-6-3-7-19(14)9-12(20)10-21-11-13-5-4-8-22-13/h4-5,8,12,14,20H,2-3,6-7,9-11H2,1H3/t12-,14+/m0/s1. The molecule has 7 heteroatoms. The Morgan fingerprint density at radius 1 is 1.52 bits per heavy atom. The van der Waals surface area contributed by atoms with Crippen molar-refractivity contribution in [1.29, 1.82) is 0 Å². The Kier molecular flexibility index (Phi) is 5.43. The molecular formula is C16H23N3O4. The molecule has 2 aromatic rings. The molecule has 7 nitrogen and oxygen atoms in total. The van der Waals surface area contributed by atoms with Crippen LogP contribution in [0.15, 0.2) is 27.3 Å². The van der Waals surface area contributed by atoms with Gasteiger partial charge in [-0.3, -0.25) is 4.90 Å². The van der Waals surface area contributed by atoms with Crippen LogP contribution in [0.25, 0.3) is 0 Å². The van der Waals surface area contributed by atoms with Gasteiger partial charge >= 0.3 is 0 Å². The maximum atomic E-state index is 10.2. The van der Waals surface area contributed by atoms with Crippen molar-refractivity contribution in [2.45, 2.75) is 44.9 Å². The average molecular weight is 321 g/mol. The molecule has 1 N–H and O–H groups in total. The van der Waals surface area contributed by atoms with Crippen molar-refractivity contribution in [3.05, 3.63) is 35.9 Å². The third kappa shape index (κ3) is 4.19. The van der Waals surface area contributed by atoms with Crippen molar-refractivity contribution in [1.82, 2.24) is 15.0 Å². The van der Waals surface area contributed by atoms with Crippen molar-refractivity contribution in [3.8, 4) is 0 Å². The van der Waals surface area contributed by atoms with Gasteiger partial charge in [-0.05, 0) is 31.5 Å². The number of hydrogen-bond donors (Lipinski definition) is 1. The molecule has 0 saturated carbocycles. The van der Waals surface area contributed by atoms with Crippen LogP contribution in [0.3, 0.4) is 0 Å². The van der Waals surface area contributed by atoms with E-state index in [9.17, 15) is 5.11 Å². The molecule has 2 atom stereocenters. The van der Waals surface area contributed by atoms with E-state index in [-0.39, 0.29) is 12.6 Å². The number of ether oxygens (including phenoxy) is 1. The van der Waals surface area contributed by atoms with Gasteiger partial charge in [-0.2, -0.15) is 4.98 Å². The summed E-state index contributed by atoms with van der Waals surface area (Å²) in [6.07, 6.45) is 3.86. The molecule has 1 aliphatic heterocycles. The zero-order valence-electron chi connectivity index (χ0n) is 13.4. The number of furan rings is 1. The second-order valence-corrected chi connectivity index (χ2v) is 5.80. The summed E-state index contributed by atoms with van der Waals surface area (Å²) in [5, 5.41) is 14.3. The van der Waals surface area contributed by atoms with E-state index < -0.39 is 6.10 Å². The van der Waals surface area contributed by atoms with Gasteiger partial charge in [-0.1, -0.05) is 12.1 Å². The molecule has 0 aromatic carbocycles. The highest BCUT2D eigenvalue weighted by Crippen LogP contribution is 2.30. The largest absolute Gasteiger partial charge is 0.467 e. The second-order valence-electron chi connectivity index (χ2n) is 5.80. The number of hydrogen-bond acceptors (Lipinski definition) is 7. The first-order valence-corrected chi connectivity index (χ1v) is 8.11. The number of aryl methyl sites for hydroxylation is 1. The number of rotatable bonds is 8. The summed E-state index contributed by atoms with van der Waals surface area (Å²) in [6, 6.07) is 3.79. The Hall–Kier alpha value is -1.70. The third-order valence-corrected chi connectivity index (χ3v) is 4.03. The third-order valence-electron chi connectivity index (χ3n) is 4.03. The van der Waals surface area contributed by atoms with E-state index in [2.05, 4.69) is 15.0 Å². The van der Waals surface area contributed by atoms with Crippen LogP contribution in [-0.4, -0.2) is 45.9 Å². The molecule has 0 bridgehead atoms. The number of aliphatic hydroxyl groups excluding tert-OH is 1. The van der Waals surface area contributed by atoms with E-state index in [0.29, 0.717) is 19.0 Å². The van der Waals surface area contributed by atoms with Crippen LogP contribution >= 0.6 is 0 Å². The predicted octanol–water partition coefficient (Wildman–Crippen LogP) is 1.94. The van der Waals surface area contributed by atoms with E-state index in [4.69, 9.17) is 13.7 Å². The van der Waals surface area contributed by atoms with Crippen LogP contribution in [0, 0.1) is 0 Å². The summed E-state index contributed by atoms with van der Waals surface area (Å²) < 4.78 is 15.9. The molecule has 0 amide bonds. The molecule has 2 aromatic heterocycles. The maximum Gasteiger partial charge on any atom is 0.226 e. The van der Waals surface area contributed by atoms with Crippen LogP contribution in [-0.2, 0) is 17.8 Å². The smallest absolute Gasteiger partial charge is 0.226 e. The minimum absolute atomic E-state index is 0.124. The lowest BCUT2D eigenvalue weighted by Gasteiger charge is -2.24. The van der Waals surface area contributed by atoms with Crippen molar-refractivity contribution >= 4 is 0 Å².